The number of aliphatic hydroxyl groups is 1. The molecular weight excluding hydrogens is 358 g/mol. The molecule has 0 bridgehead atoms. The predicted molar refractivity (Wildman–Crippen MR) is 95.9 cm³/mol. The average molecular weight is 375 g/mol. The summed E-state index contributed by atoms with van der Waals surface area (Å²) in [4.78, 5) is 11.8. The van der Waals surface area contributed by atoms with E-state index in [-0.39, 0.29) is 5.69 Å². The van der Waals surface area contributed by atoms with E-state index in [1.807, 2.05) is 6.92 Å². The molecule has 8 nitrogen and oxygen atoms in total. The Balaban J connectivity index is 2.30. The molecule has 0 spiro atoms. The lowest BCUT2D eigenvalue weighted by molar-refractivity contribution is -0.113. The van der Waals surface area contributed by atoms with Crippen LogP contribution in [0.15, 0.2) is 75.1 Å². The Kier molecular flexibility index (Phi) is 5.86. The monoisotopic (exact) mass is 375 g/mol. The Morgan fingerprint density at radius 3 is 2.27 bits per heavy atom. The number of hydrogen-bond acceptors (Lipinski definition) is 6. The second-order valence-corrected chi connectivity index (χ2v) is 6.79. The minimum Gasteiger partial charge on any atom is -0.510 e. The number of amides is 1. The molecular formula is C17H17N3O5S. The zero-order valence-corrected chi connectivity index (χ0v) is 14.9. The van der Waals surface area contributed by atoms with Crippen molar-refractivity contribution in [2.45, 2.75) is 18.7 Å². The number of carbonyl (C=O) groups is 1. The van der Waals surface area contributed by atoms with Crippen molar-refractivity contribution in [1.82, 2.24) is 0 Å². The van der Waals surface area contributed by atoms with Crippen LogP contribution in [0.1, 0.15) is 12.5 Å². The number of azo groups is 1. The van der Waals surface area contributed by atoms with E-state index in [9.17, 15) is 22.9 Å². The highest BCUT2D eigenvalue weighted by atomic mass is 32.2. The standard InChI is InChI=1S/C17H17N3O5S/c1-11-7-9-13(10-8-11)18-17(22)16(12(2)21)20-19-14-5-3-4-6-15(14)26(23,24)25/h3-10,21H,1-2H3,(H,18,22)(H,23,24,25)/b16-12-,20-19?. The highest BCUT2D eigenvalue weighted by Crippen LogP contribution is 2.25. The highest BCUT2D eigenvalue weighted by Gasteiger charge is 2.17. The van der Waals surface area contributed by atoms with Crippen LogP contribution in [0.5, 0.6) is 0 Å². The third kappa shape index (κ3) is 4.98. The first kappa shape index (κ1) is 19.3. The number of carbonyl (C=O) groups excluding carboxylic acids is 1. The average Bonchev–Trinajstić information content (AvgIpc) is 2.56. The molecule has 0 aliphatic carbocycles. The van der Waals surface area contributed by atoms with Gasteiger partial charge in [0.15, 0.2) is 5.70 Å². The maximum Gasteiger partial charge on any atom is 0.296 e. The summed E-state index contributed by atoms with van der Waals surface area (Å²) in [6.45, 7) is 3.15. The molecule has 1 amide bonds. The molecule has 0 aliphatic heterocycles. The lowest BCUT2D eigenvalue weighted by Crippen LogP contribution is -2.14. The minimum atomic E-state index is -4.51. The van der Waals surface area contributed by atoms with Gasteiger partial charge in [0, 0.05) is 5.69 Å². The third-order valence-corrected chi connectivity index (χ3v) is 4.17. The Labute approximate surface area is 150 Å². The van der Waals surface area contributed by atoms with Gasteiger partial charge in [0.2, 0.25) is 0 Å². The second kappa shape index (κ2) is 7.89. The SMILES string of the molecule is C/C(O)=C(/N=Nc1ccccc1S(=O)(=O)O)C(=O)Nc1ccc(C)cc1. The summed E-state index contributed by atoms with van der Waals surface area (Å²) in [5.74, 6) is -1.12. The lowest BCUT2D eigenvalue weighted by atomic mass is 10.2. The molecule has 0 unspecified atom stereocenters. The summed E-state index contributed by atoms with van der Waals surface area (Å²) < 4.78 is 31.9. The van der Waals surface area contributed by atoms with Crippen molar-refractivity contribution in [1.29, 1.82) is 0 Å². The van der Waals surface area contributed by atoms with Gasteiger partial charge in [0.1, 0.15) is 16.3 Å². The van der Waals surface area contributed by atoms with Gasteiger partial charge in [-0.1, -0.05) is 29.8 Å². The van der Waals surface area contributed by atoms with Crippen LogP contribution < -0.4 is 5.32 Å². The molecule has 0 radical (unpaired) electrons. The number of aryl methyl sites for hydroxylation is 1. The third-order valence-electron chi connectivity index (χ3n) is 3.27. The van der Waals surface area contributed by atoms with Crippen molar-refractivity contribution in [3.63, 3.8) is 0 Å². The summed E-state index contributed by atoms with van der Waals surface area (Å²) >= 11 is 0. The van der Waals surface area contributed by atoms with Crippen LogP contribution >= 0.6 is 0 Å². The van der Waals surface area contributed by atoms with Gasteiger partial charge >= 0.3 is 0 Å². The van der Waals surface area contributed by atoms with Crippen LogP contribution in [0.4, 0.5) is 11.4 Å². The smallest absolute Gasteiger partial charge is 0.296 e. The number of rotatable bonds is 5. The fourth-order valence-corrected chi connectivity index (χ4v) is 2.59. The summed E-state index contributed by atoms with van der Waals surface area (Å²) in [7, 11) is -4.51. The molecule has 2 aromatic carbocycles. The maximum absolute atomic E-state index is 12.3. The maximum atomic E-state index is 12.3. The van der Waals surface area contributed by atoms with Crippen molar-refractivity contribution < 1.29 is 22.9 Å². The van der Waals surface area contributed by atoms with Crippen LogP contribution in [-0.4, -0.2) is 24.0 Å². The van der Waals surface area contributed by atoms with E-state index in [1.54, 1.807) is 24.3 Å². The Morgan fingerprint density at radius 2 is 1.69 bits per heavy atom. The number of aliphatic hydroxyl groups excluding tert-OH is 1. The van der Waals surface area contributed by atoms with Gasteiger partial charge in [-0.3, -0.25) is 9.35 Å². The quantitative estimate of drug-likeness (QED) is 0.317. The zero-order valence-electron chi connectivity index (χ0n) is 14.0. The van der Waals surface area contributed by atoms with Crippen molar-refractivity contribution in [2.75, 3.05) is 5.32 Å². The minimum absolute atomic E-state index is 0.170. The fourth-order valence-electron chi connectivity index (χ4n) is 1.97. The predicted octanol–water partition coefficient (Wildman–Crippen LogP) is 3.75. The molecule has 0 aliphatic rings. The number of benzene rings is 2. The molecule has 0 aromatic heterocycles. The van der Waals surface area contributed by atoms with E-state index >= 15 is 0 Å². The van der Waals surface area contributed by atoms with Crippen molar-refractivity contribution in [2.24, 2.45) is 10.2 Å². The fraction of sp³-hybridized carbons (Fsp3) is 0.118. The van der Waals surface area contributed by atoms with Crippen molar-refractivity contribution >= 4 is 27.4 Å². The molecule has 0 heterocycles. The topological polar surface area (TPSA) is 128 Å². The second-order valence-electron chi connectivity index (χ2n) is 5.40. The molecule has 136 valence electrons. The molecule has 0 fully saturated rings. The van der Waals surface area contributed by atoms with E-state index in [2.05, 4.69) is 15.5 Å². The molecule has 9 heteroatoms. The lowest BCUT2D eigenvalue weighted by Gasteiger charge is -2.06. The molecule has 0 saturated carbocycles. The number of allylic oxidation sites excluding steroid dienone is 1. The van der Waals surface area contributed by atoms with Gasteiger partial charge in [-0.05, 0) is 38.1 Å². The number of nitrogens with one attached hydrogen (secondary N) is 1. The summed E-state index contributed by atoms with van der Waals surface area (Å²) in [6.07, 6.45) is 0. The van der Waals surface area contributed by atoms with E-state index in [4.69, 9.17) is 0 Å². The van der Waals surface area contributed by atoms with Crippen LogP contribution in [0.2, 0.25) is 0 Å². The van der Waals surface area contributed by atoms with Gasteiger partial charge in [-0.25, -0.2) is 0 Å². The Morgan fingerprint density at radius 1 is 1.08 bits per heavy atom. The Bertz CT molecular complexity index is 976. The van der Waals surface area contributed by atoms with Crippen molar-refractivity contribution in [3.8, 4) is 0 Å². The Hall–Kier alpha value is -3.04. The van der Waals surface area contributed by atoms with E-state index < -0.39 is 32.4 Å². The molecule has 2 rings (SSSR count). The molecule has 3 N–H and O–H groups in total. The van der Waals surface area contributed by atoms with Crippen molar-refractivity contribution in [3.05, 3.63) is 65.6 Å². The number of hydrogen-bond donors (Lipinski definition) is 3. The van der Waals surface area contributed by atoms with E-state index in [1.165, 1.54) is 25.1 Å². The molecule has 26 heavy (non-hydrogen) atoms. The molecule has 2 aromatic rings. The van der Waals surface area contributed by atoms with Crippen LogP contribution in [0.3, 0.4) is 0 Å². The first-order valence-electron chi connectivity index (χ1n) is 7.44. The van der Waals surface area contributed by atoms with Gasteiger partial charge in [-0.15, -0.1) is 10.2 Å². The van der Waals surface area contributed by atoms with Gasteiger partial charge in [-0.2, -0.15) is 8.42 Å². The van der Waals surface area contributed by atoms with Gasteiger partial charge < -0.3 is 10.4 Å². The molecule has 0 atom stereocenters. The normalized spacial score (nSPS) is 12.7. The first-order chi connectivity index (χ1) is 12.2. The molecule has 0 saturated heterocycles. The van der Waals surface area contributed by atoms with E-state index in [0.717, 1.165) is 11.6 Å². The zero-order chi connectivity index (χ0) is 19.3. The van der Waals surface area contributed by atoms with E-state index in [0.29, 0.717) is 5.69 Å². The summed E-state index contributed by atoms with van der Waals surface area (Å²) in [5.41, 5.74) is 0.944. The first-order valence-corrected chi connectivity index (χ1v) is 8.88. The summed E-state index contributed by atoms with van der Waals surface area (Å²) in [6, 6.07) is 12.3. The van der Waals surface area contributed by atoms with Crippen LogP contribution in [-0.2, 0) is 14.9 Å². The van der Waals surface area contributed by atoms with Crippen LogP contribution in [0, 0.1) is 6.92 Å². The highest BCUT2D eigenvalue weighted by molar-refractivity contribution is 7.86. The summed E-state index contributed by atoms with van der Waals surface area (Å²) in [5, 5.41) is 19.6. The number of anilines is 1. The van der Waals surface area contributed by atoms with Gasteiger partial charge in [0.05, 0.1) is 0 Å². The van der Waals surface area contributed by atoms with Gasteiger partial charge in [0.25, 0.3) is 16.0 Å². The van der Waals surface area contributed by atoms with Crippen LogP contribution in [0.25, 0.3) is 0 Å². The largest absolute Gasteiger partial charge is 0.510 e. The number of nitrogens with zero attached hydrogens (tertiary/aromatic N) is 2.